The van der Waals surface area contributed by atoms with Crippen molar-refractivity contribution in [1.29, 1.82) is 0 Å². The van der Waals surface area contributed by atoms with Crippen LogP contribution >= 0.6 is 0 Å². The number of methoxy groups -OCH3 is 1. The minimum atomic E-state index is -4.71. The molecule has 40 heavy (non-hydrogen) atoms. The largest absolute Gasteiger partial charge is 0.496 e. The van der Waals surface area contributed by atoms with Crippen LogP contribution in [0.1, 0.15) is 66.1 Å². The SMILES string of the molecule is C=Cc1cc(C(C)N(Cc2cc(C(F)(F)F)ccc2-c2cc(C(C)C)ccc2OC)C(=O)O)cc(C(F)(F)F)c1. The van der Waals surface area contributed by atoms with Crippen LogP contribution in [0.2, 0.25) is 0 Å². The van der Waals surface area contributed by atoms with Crippen LogP contribution in [0.5, 0.6) is 5.75 Å². The predicted octanol–water partition coefficient (Wildman–Crippen LogP) is 9.41. The molecule has 1 N–H and O–H groups in total. The first-order chi connectivity index (χ1) is 18.6. The van der Waals surface area contributed by atoms with E-state index >= 15 is 0 Å². The van der Waals surface area contributed by atoms with Crippen LogP contribution in [0, 0.1) is 0 Å². The molecule has 0 fully saturated rings. The van der Waals surface area contributed by atoms with E-state index in [1.807, 2.05) is 19.9 Å². The fourth-order valence-electron chi connectivity index (χ4n) is 4.39. The van der Waals surface area contributed by atoms with Gasteiger partial charge in [-0.1, -0.05) is 38.6 Å². The van der Waals surface area contributed by atoms with Crippen LogP contribution in [0.4, 0.5) is 31.1 Å². The summed E-state index contributed by atoms with van der Waals surface area (Å²) in [7, 11) is 1.41. The molecule has 1 amide bonds. The molecular formula is C30H29F6NO3. The summed E-state index contributed by atoms with van der Waals surface area (Å²) >= 11 is 0. The minimum absolute atomic E-state index is 0.0131. The third-order valence-electron chi connectivity index (χ3n) is 6.69. The molecule has 3 rings (SSSR count). The lowest BCUT2D eigenvalue weighted by Gasteiger charge is -2.29. The highest BCUT2D eigenvalue weighted by atomic mass is 19.4. The Hall–Kier alpha value is -3.95. The highest BCUT2D eigenvalue weighted by Crippen LogP contribution is 2.40. The number of benzene rings is 3. The summed E-state index contributed by atoms with van der Waals surface area (Å²) in [6.45, 7) is 8.23. The van der Waals surface area contributed by atoms with Crippen LogP contribution in [-0.2, 0) is 18.9 Å². The van der Waals surface area contributed by atoms with Gasteiger partial charge < -0.3 is 9.84 Å². The maximum Gasteiger partial charge on any atom is 0.416 e. The van der Waals surface area contributed by atoms with Gasteiger partial charge in [0.05, 0.1) is 30.8 Å². The molecule has 0 radical (unpaired) electrons. The van der Waals surface area contributed by atoms with E-state index < -0.39 is 42.2 Å². The van der Waals surface area contributed by atoms with E-state index in [2.05, 4.69) is 6.58 Å². The average molecular weight is 566 g/mol. The third kappa shape index (κ3) is 6.78. The molecule has 10 heteroatoms. The number of halogens is 6. The second-order valence-electron chi connectivity index (χ2n) is 9.66. The van der Waals surface area contributed by atoms with Crippen molar-refractivity contribution in [2.75, 3.05) is 7.11 Å². The lowest BCUT2D eigenvalue weighted by molar-refractivity contribution is -0.138. The van der Waals surface area contributed by atoms with Crippen LogP contribution in [0.3, 0.4) is 0 Å². The molecule has 0 aliphatic heterocycles. The van der Waals surface area contributed by atoms with Crippen molar-refractivity contribution in [2.24, 2.45) is 0 Å². The van der Waals surface area contributed by atoms with E-state index in [1.165, 1.54) is 32.2 Å². The molecule has 0 spiro atoms. The normalized spacial score (nSPS) is 12.8. The molecule has 1 atom stereocenters. The number of carboxylic acid groups (broad SMARTS) is 1. The molecule has 214 valence electrons. The molecule has 0 heterocycles. The smallest absolute Gasteiger partial charge is 0.416 e. The van der Waals surface area contributed by atoms with Crippen LogP contribution in [-0.4, -0.2) is 23.2 Å². The Morgan fingerprint density at radius 2 is 1.55 bits per heavy atom. The number of amides is 1. The Morgan fingerprint density at radius 3 is 2.08 bits per heavy atom. The Bertz CT molecular complexity index is 1400. The first-order valence-electron chi connectivity index (χ1n) is 12.3. The first-order valence-corrected chi connectivity index (χ1v) is 12.3. The fraction of sp³-hybridized carbons (Fsp3) is 0.300. The first kappa shape index (κ1) is 30.6. The Labute approximate surface area is 228 Å². The maximum absolute atomic E-state index is 13.7. The van der Waals surface area contributed by atoms with Gasteiger partial charge in [0.25, 0.3) is 0 Å². The van der Waals surface area contributed by atoms with Gasteiger partial charge in [0.15, 0.2) is 0 Å². The molecule has 3 aromatic rings. The number of hydrogen-bond acceptors (Lipinski definition) is 2. The molecule has 1 unspecified atom stereocenters. The van der Waals surface area contributed by atoms with Crippen LogP contribution in [0.25, 0.3) is 17.2 Å². The predicted molar refractivity (Wildman–Crippen MR) is 141 cm³/mol. The van der Waals surface area contributed by atoms with Crippen molar-refractivity contribution in [3.8, 4) is 16.9 Å². The van der Waals surface area contributed by atoms with Gasteiger partial charge in [-0.2, -0.15) is 26.3 Å². The topological polar surface area (TPSA) is 49.8 Å². The lowest BCUT2D eigenvalue weighted by atomic mass is 9.92. The lowest BCUT2D eigenvalue weighted by Crippen LogP contribution is -2.32. The number of alkyl halides is 6. The van der Waals surface area contributed by atoms with Gasteiger partial charge in [-0.15, -0.1) is 0 Å². The van der Waals surface area contributed by atoms with E-state index in [4.69, 9.17) is 4.74 Å². The van der Waals surface area contributed by atoms with Crippen LogP contribution in [0.15, 0.2) is 61.2 Å². The zero-order chi connectivity index (χ0) is 30.0. The fourth-order valence-corrected chi connectivity index (χ4v) is 4.39. The molecule has 4 nitrogen and oxygen atoms in total. The number of rotatable bonds is 8. The van der Waals surface area contributed by atoms with Crippen molar-refractivity contribution in [3.05, 3.63) is 94.6 Å². The van der Waals surface area contributed by atoms with Gasteiger partial charge in [0.2, 0.25) is 0 Å². The highest BCUT2D eigenvalue weighted by Gasteiger charge is 2.34. The number of hydrogen-bond donors (Lipinski definition) is 1. The molecular weight excluding hydrogens is 536 g/mol. The highest BCUT2D eigenvalue weighted by molar-refractivity contribution is 5.75. The Kier molecular flexibility index (Phi) is 8.91. The second-order valence-corrected chi connectivity index (χ2v) is 9.66. The van der Waals surface area contributed by atoms with Gasteiger partial charge in [0, 0.05) is 5.56 Å². The summed E-state index contributed by atoms with van der Waals surface area (Å²) in [5.41, 5.74) is -0.185. The van der Waals surface area contributed by atoms with Gasteiger partial charge in [0.1, 0.15) is 5.75 Å². The van der Waals surface area contributed by atoms with E-state index in [-0.39, 0.29) is 22.6 Å². The molecule has 3 aromatic carbocycles. The monoisotopic (exact) mass is 565 g/mol. The molecule has 0 saturated heterocycles. The summed E-state index contributed by atoms with van der Waals surface area (Å²) in [5, 5.41) is 10.1. The van der Waals surface area contributed by atoms with Crippen molar-refractivity contribution in [1.82, 2.24) is 4.90 Å². The van der Waals surface area contributed by atoms with Gasteiger partial charge in [-0.3, -0.25) is 4.90 Å². The maximum atomic E-state index is 13.7. The summed E-state index contributed by atoms with van der Waals surface area (Å²) in [6.07, 6.45) is -9.73. The quantitative estimate of drug-likeness (QED) is 0.277. The minimum Gasteiger partial charge on any atom is -0.496 e. The number of ether oxygens (including phenoxy) is 1. The van der Waals surface area contributed by atoms with E-state index in [0.717, 1.165) is 34.7 Å². The summed E-state index contributed by atoms with van der Waals surface area (Å²) in [6, 6.07) is 10.2. The van der Waals surface area contributed by atoms with Crippen molar-refractivity contribution < 1.29 is 41.0 Å². The summed E-state index contributed by atoms with van der Waals surface area (Å²) < 4.78 is 87.2. The zero-order valence-electron chi connectivity index (χ0n) is 22.3. The van der Waals surface area contributed by atoms with E-state index in [1.54, 1.807) is 12.1 Å². The number of carbonyl (C=O) groups is 1. The van der Waals surface area contributed by atoms with Crippen molar-refractivity contribution >= 4 is 12.2 Å². The summed E-state index contributed by atoms with van der Waals surface area (Å²) in [4.78, 5) is 13.2. The van der Waals surface area contributed by atoms with E-state index in [9.17, 15) is 36.2 Å². The molecule has 0 aliphatic carbocycles. The molecule has 0 aromatic heterocycles. The molecule has 0 bridgehead atoms. The number of nitrogens with zero attached hydrogens (tertiary/aromatic N) is 1. The standard InChI is InChI=1S/C30H29F6NO3/c1-6-19-11-21(13-24(12-19)30(34,35)36)18(4)37(28(38)39)16-22-14-23(29(31,32)33)8-9-25(22)26-15-20(17(2)3)7-10-27(26)40-5/h6-15,17-18H,1,16H2,2-5H3,(H,38,39). The van der Waals surface area contributed by atoms with Gasteiger partial charge in [-0.05, 0) is 83.1 Å². The van der Waals surface area contributed by atoms with Crippen molar-refractivity contribution in [2.45, 2.75) is 51.6 Å². The zero-order valence-corrected chi connectivity index (χ0v) is 22.3. The Balaban J connectivity index is 2.20. The molecule has 0 aliphatic rings. The van der Waals surface area contributed by atoms with Gasteiger partial charge >= 0.3 is 18.4 Å². The average Bonchev–Trinajstić information content (AvgIpc) is 2.89. The molecule has 0 saturated carbocycles. The van der Waals surface area contributed by atoms with Crippen LogP contribution < -0.4 is 4.74 Å². The van der Waals surface area contributed by atoms with E-state index in [0.29, 0.717) is 16.9 Å². The Morgan fingerprint density at radius 1 is 0.900 bits per heavy atom. The second kappa shape index (κ2) is 11.7. The van der Waals surface area contributed by atoms with Crippen molar-refractivity contribution in [3.63, 3.8) is 0 Å². The summed E-state index contributed by atoms with van der Waals surface area (Å²) in [5.74, 6) is 0.451. The third-order valence-corrected chi connectivity index (χ3v) is 6.69. The van der Waals surface area contributed by atoms with Gasteiger partial charge in [-0.25, -0.2) is 4.79 Å².